The highest BCUT2D eigenvalue weighted by atomic mass is 19.1. The number of aromatic nitrogens is 3. The van der Waals surface area contributed by atoms with E-state index in [9.17, 15) is 8.78 Å². The van der Waals surface area contributed by atoms with Gasteiger partial charge >= 0.3 is 0 Å². The van der Waals surface area contributed by atoms with Crippen LogP contribution >= 0.6 is 0 Å². The lowest BCUT2D eigenvalue weighted by Crippen LogP contribution is -2.07. The second-order valence-corrected chi connectivity index (χ2v) is 4.20. The fraction of sp³-hybridized carbons (Fsp3) is 0.143. The van der Waals surface area contributed by atoms with Crippen LogP contribution in [0.2, 0.25) is 0 Å². The Hall–Kier alpha value is -2.30. The number of rotatable bonds is 2. The molecule has 5 heteroatoms. The molecule has 0 amide bonds. The number of nitrogens with zero attached hydrogens (tertiary/aromatic N) is 3. The third kappa shape index (κ3) is 2.07. The van der Waals surface area contributed by atoms with Gasteiger partial charge in [-0.1, -0.05) is 24.3 Å². The Morgan fingerprint density at radius 1 is 1.11 bits per heavy atom. The molecule has 96 valence electrons. The van der Waals surface area contributed by atoms with Crippen LogP contribution in [0.1, 0.15) is 18.7 Å². The largest absolute Gasteiger partial charge is 0.215 e. The number of allylic oxidation sites excluding steroid dienone is 4. The maximum atomic E-state index is 13.8. The smallest absolute Gasteiger partial charge is 0.163 e. The Bertz CT molecular complexity index is 651. The molecule has 1 heterocycles. The van der Waals surface area contributed by atoms with Crippen LogP contribution in [0.25, 0.3) is 11.3 Å². The molecule has 3 rings (SSSR count). The highest BCUT2D eigenvalue weighted by Gasteiger charge is 2.17. The minimum atomic E-state index is -0.660. The van der Waals surface area contributed by atoms with E-state index < -0.39 is 11.6 Å². The number of benzene rings is 1. The topological polar surface area (TPSA) is 30.7 Å². The minimum Gasteiger partial charge on any atom is -0.215 e. The van der Waals surface area contributed by atoms with Crippen molar-refractivity contribution < 1.29 is 8.78 Å². The van der Waals surface area contributed by atoms with Gasteiger partial charge < -0.3 is 0 Å². The van der Waals surface area contributed by atoms with Crippen molar-refractivity contribution in [3.05, 3.63) is 60.2 Å². The number of para-hydroxylation sites is 1. The highest BCUT2D eigenvalue weighted by molar-refractivity contribution is 5.71. The second kappa shape index (κ2) is 4.76. The molecule has 1 aromatic carbocycles. The monoisotopic (exact) mass is 259 g/mol. The summed E-state index contributed by atoms with van der Waals surface area (Å²) in [5.74, 6) is -0.876. The van der Waals surface area contributed by atoms with E-state index in [1.54, 1.807) is 0 Å². The minimum absolute atomic E-state index is 0.199. The third-order valence-corrected chi connectivity index (χ3v) is 2.95. The summed E-state index contributed by atoms with van der Waals surface area (Å²) in [6.07, 6.45) is 9.03. The van der Waals surface area contributed by atoms with Gasteiger partial charge in [0.25, 0.3) is 0 Å². The molecular weight excluding hydrogens is 248 g/mol. The lowest BCUT2D eigenvalue weighted by Gasteiger charge is -2.10. The van der Waals surface area contributed by atoms with Gasteiger partial charge in [0.15, 0.2) is 17.5 Å². The Kier molecular flexibility index (Phi) is 2.95. The van der Waals surface area contributed by atoms with Gasteiger partial charge in [0, 0.05) is 5.57 Å². The van der Waals surface area contributed by atoms with Crippen molar-refractivity contribution in [1.29, 1.82) is 0 Å². The van der Waals surface area contributed by atoms with Crippen molar-refractivity contribution in [2.45, 2.75) is 12.8 Å². The molecule has 0 aliphatic heterocycles. The summed E-state index contributed by atoms with van der Waals surface area (Å²) in [4.78, 5) is 4.10. The molecule has 0 radical (unpaired) electrons. The number of hydrogen-bond donors (Lipinski definition) is 0. The zero-order valence-electron chi connectivity index (χ0n) is 10.1. The predicted molar refractivity (Wildman–Crippen MR) is 67.6 cm³/mol. The lowest BCUT2D eigenvalue weighted by molar-refractivity contribution is 0.559. The van der Waals surface area contributed by atoms with E-state index in [-0.39, 0.29) is 5.69 Å². The molecule has 0 atom stereocenters. The van der Waals surface area contributed by atoms with Gasteiger partial charge in [-0.3, -0.25) is 0 Å². The summed E-state index contributed by atoms with van der Waals surface area (Å²) < 4.78 is 28.8. The first-order valence-corrected chi connectivity index (χ1v) is 5.99. The normalized spacial score (nSPS) is 14.5. The van der Waals surface area contributed by atoms with E-state index in [4.69, 9.17) is 0 Å². The number of hydrogen-bond acceptors (Lipinski definition) is 2. The van der Waals surface area contributed by atoms with E-state index in [0.717, 1.165) is 18.4 Å². The van der Waals surface area contributed by atoms with E-state index in [1.807, 2.05) is 18.2 Å². The molecular formula is C14H11F2N3. The molecule has 2 aromatic rings. The van der Waals surface area contributed by atoms with Gasteiger partial charge in [-0.25, -0.2) is 18.4 Å². The van der Waals surface area contributed by atoms with E-state index in [1.165, 1.54) is 29.2 Å². The summed E-state index contributed by atoms with van der Waals surface area (Å²) in [5.41, 5.74) is 0.626. The van der Waals surface area contributed by atoms with E-state index in [0.29, 0.717) is 5.82 Å². The van der Waals surface area contributed by atoms with E-state index in [2.05, 4.69) is 10.1 Å². The molecule has 1 aliphatic carbocycles. The molecule has 1 aromatic heterocycles. The van der Waals surface area contributed by atoms with E-state index >= 15 is 0 Å². The zero-order chi connectivity index (χ0) is 13.2. The second-order valence-electron chi connectivity index (χ2n) is 4.20. The van der Waals surface area contributed by atoms with Crippen molar-refractivity contribution >= 4 is 5.57 Å². The molecule has 19 heavy (non-hydrogen) atoms. The fourth-order valence-electron chi connectivity index (χ4n) is 2.07. The molecule has 0 N–H and O–H groups in total. The van der Waals surface area contributed by atoms with Crippen molar-refractivity contribution in [2.75, 3.05) is 0 Å². The fourth-order valence-corrected chi connectivity index (χ4v) is 2.07. The summed E-state index contributed by atoms with van der Waals surface area (Å²) in [5, 5.41) is 3.93. The molecule has 3 nitrogen and oxygen atoms in total. The third-order valence-electron chi connectivity index (χ3n) is 2.95. The van der Waals surface area contributed by atoms with Gasteiger partial charge in [0.1, 0.15) is 12.0 Å². The standard InChI is InChI=1S/C14H11F2N3/c15-11-7-4-8-12(16)13(11)19-14(17-9-18-19)10-5-2-1-3-6-10/h2,4-9H,1,3H2. The van der Waals surface area contributed by atoms with Crippen LogP contribution in [0.5, 0.6) is 0 Å². The highest BCUT2D eigenvalue weighted by Crippen LogP contribution is 2.24. The Labute approximate surface area is 108 Å². The molecule has 0 spiro atoms. The lowest BCUT2D eigenvalue weighted by atomic mass is 10.1. The first-order chi connectivity index (χ1) is 9.27. The van der Waals surface area contributed by atoms with Crippen LogP contribution in [0.4, 0.5) is 8.78 Å². The van der Waals surface area contributed by atoms with Crippen molar-refractivity contribution in [2.24, 2.45) is 0 Å². The van der Waals surface area contributed by atoms with Gasteiger partial charge in [0.05, 0.1) is 0 Å². The van der Waals surface area contributed by atoms with Crippen LogP contribution in [-0.4, -0.2) is 14.8 Å². The molecule has 0 fully saturated rings. The molecule has 0 bridgehead atoms. The molecule has 0 saturated carbocycles. The first kappa shape index (κ1) is 11.8. The summed E-state index contributed by atoms with van der Waals surface area (Å²) in [6.45, 7) is 0. The van der Waals surface area contributed by atoms with Gasteiger partial charge in [0.2, 0.25) is 0 Å². The van der Waals surface area contributed by atoms with Crippen LogP contribution in [0.3, 0.4) is 0 Å². The maximum absolute atomic E-state index is 13.8. The van der Waals surface area contributed by atoms with Crippen molar-refractivity contribution in [1.82, 2.24) is 14.8 Å². The average Bonchev–Trinajstić information content (AvgIpc) is 2.89. The quantitative estimate of drug-likeness (QED) is 0.828. The zero-order valence-corrected chi connectivity index (χ0v) is 10.1. The van der Waals surface area contributed by atoms with Crippen LogP contribution in [0, 0.1) is 11.6 Å². The Morgan fingerprint density at radius 3 is 2.58 bits per heavy atom. The first-order valence-electron chi connectivity index (χ1n) is 5.99. The summed E-state index contributed by atoms with van der Waals surface area (Å²) >= 11 is 0. The van der Waals surface area contributed by atoms with Crippen molar-refractivity contribution in [3.8, 4) is 5.69 Å². The molecule has 1 aliphatic rings. The maximum Gasteiger partial charge on any atom is 0.163 e. The van der Waals surface area contributed by atoms with Gasteiger partial charge in [-0.2, -0.15) is 5.10 Å². The average molecular weight is 259 g/mol. The Balaban J connectivity index is 2.15. The summed E-state index contributed by atoms with van der Waals surface area (Å²) in [7, 11) is 0. The number of halogens is 2. The van der Waals surface area contributed by atoms with Gasteiger partial charge in [-0.15, -0.1) is 0 Å². The summed E-state index contributed by atoms with van der Waals surface area (Å²) in [6, 6.07) is 3.73. The van der Waals surface area contributed by atoms with Crippen LogP contribution < -0.4 is 0 Å². The van der Waals surface area contributed by atoms with Gasteiger partial charge in [-0.05, 0) is 25.0 Å². The van der Waals surface area contributed by atoms with Crippen molar-refractivity contribution in [3.63, 3.8) is 0 Å². The molecule has 0 saturated heterocycles. The predicted octanol–water partition coefficient (Wildman–Crippen LogP) is 3.28. The van der Waals surface area contributed by atoms with Crippen LogP contribution in [-0.2, 0) is 0 Å². The van der Waals surface area contributed by atoms with Crippen LogP contribution in [0.15, 0.2) is 42.8 Å². The SMILES string of the molecule is Fc1cccc(F)c1-n1ncnc1C1=CCCC=C1. The molecule has 0 unspecified atom stereocenters. The Morgan fingerprint density at radius 2 is 1.89 bits per heavy atom.